The fourth-order valence-electron chi connectivity index (χ4n) is 4.63. The highest BCUT2D eigenvalue weighted by Crippen LogP contribution is 2.40. The smallest absolute Gasteiger partial charge is 0.253 e. The molecular formula is C30H31FN2O5. The van der Waals surface area contributed by atoms with E-state index < -0.39 is 0 Å². The van der Waals surface area contributed by atoms with Gasteiger partial charge in [0.25, 0.3) is 5.91 Å². The number of nitrogens with one attached hydrogen (secondary N) is 1. The summed E-state index contributed by atoms with van der Waals surface area (Å²) in [7, 11) is 4.61. The molecule has 0 unspecified atom stereocenters. The quantitative estimate of drug-likeness (QED) is 0.397. The van der Waals surface area contributed by atoms with E-state index in [0.29, 0.717) is 53.1 Å². The Labute approximate surface area is 221 Å². The highest BCUT2D eigenvalue weighted by atomic mass is 19.1. The first kappa shape index (κ1) is 26.7. The Morgan fingerprint density at radius 2 is 1.53 bits per heavy atom. The molecule has 198 valence electrons. The van der Waals surface area contributed by atoms with Crippen LogP contribution in [0.2, 0.25) is 0 Å². The van der Waals surface area contributed by atoms with Crippen LogP contribution >= 0.6 is 0 Å². The van der Waals surface area contributed by atoms with Crippen molar-refractivity contribution in [1.29, 1.82) is 0 Å². The molecule has 1 saturated heterocycles. The zero-order valence-corrected chi connectivity index (χ0v) is 21.7. The normalized spacial score (nSPS) is 13.8. The van der Waals surface area contributed by atoms with Crippen molar-refractivity contribution >= 4 is 23.6 Å². The molecule has 0 aliphatic carbocycles. The van der Waals surface area contributed by atoms with Gasteiger partial charge in [0.15, 0.2) is 11.5 Å². The second kappa shape index (κ2) is 12.3. The van der Waals surface area contributed by atoms with Crippen LogP contribution in [0.3, 0.4) is 0 Å². The molecular weight excluding hydrogens is 487 g/mol. The zero-order chi connectivity index (χ0) is 27.1. The lowest BCUT2D eigenvalue weighted by Crippen LogP contribution is -2.37. The Kier molecular flexibility index (Phi) is 8.63. The topological polar surface area (TPSA) is 77.1 Å². The number of rotatable bonds is 8. The molecule has 3 aromatic carbocycles. The van der Waals surface area contributed by atoms with Crippen LogP contribution in [0.5, 0.6) is 17.2 Å². The molecule has 1 aliphatic rings. The van der Waals surface area contributed by atoms with Crippen molar-refractivity contribution < 1.29 is 28.2 Å². The van der Waals surface area contributed by atoms with Crippen molar-refractivity contribution in [2.75, 3.05) is 39.7 Å². The number of ether oxygens (including phenoxy) is 3. The first-order chi connectivity index (χ1) is 18.4. The molecule has 1 N–H and O–H groups in total. The Hall–Kier alpha value is -4.33. The Bertz CT molecular complexity index is 1300. The van der Waals surface area contributed by atoms with Gasteiger partial charge in [-0.05, 0) is 78.9 Å². The van der Waals surface area contributed by atoms with E-state index in [1.807, 2.05) is 29.2 Å². The van der Waals surface area contributed by atoms with E-state index in [2.05, 4.69) is 5.32 Å². The number of benzene rings is 3. The van der Waals surface area contributed by atoms with Crippen molar-refractivity contribution in [3.8, 4) is 17.2 Å². The number of piperidine rings is 1. The fraction of sp³-hybridized carbons (Fsp3) is 0.267. The van der Waals surface area contributed by atoms with Crippen molar-refractivity contribution in [2.45, 2.75) is 18.8 Å². The molecule has 0 spiro atoms. The second-order valence-electron chi connectivity index (χ2n) is 8.94. The standard InChI is InChI=1S/C30H31FN2O5/c1-36-26-14-8-22(28(37-2)29(26)38-3)9-15-27(34)32-25-12-6-20(7-13-25)21-16-18-33(19-17-21)30(35)23-4-10-24(31)11-5-23/h4-15,21H,16-19H2,1-3H3,(H,32,34)/b15-9+. The van der Waals surface area contributed by atoms with Gasteiger partial charge >= 0.3 is 0 Å². The van der Waals surface area contributed by atoms with Gasteiger partial charge < -0.3 is 24.4 Å². The summed E-state index contributed by atoms with van der Waals surface area (Å²) in [5.41, 5.74) is 3.04. The van der Waals surface area contributed by atoms with Gasteiger partial charge in [-0.25, -0.2) is 4.39 Å². The van der Waals surface area contributed by atoms with E-state index in [-0.39, 0.29) is 17.6 Å². The van der Waals surface area contributed by atoms with Crippen molar-refractivity contribution in [3.05, 3.63) is 89.2 Å². The zero-order valence-electron chi connectivity index (χ0n) is 21.7. The van der Waals surface area contributed by atoms with Gasteiger partial charge in [-0.3, -0.25) is 9.59 Å². The highest BCUT2D eigenvalue weighted by Gasteiger charge is 2.24. The maximum atomic E-state index is 13.2. The lowest BCUT2D eigenvalue weighted by Gasteiger charge is -2.32. The molecule has 1 aliphatic heterocycles. The largest absolute Gasteiger partial charge is 0.493 e. The predicted octanol–water partition coefficient (Wildman–Crippen LogP) is 5.52. The van der Waals surface area contributed by atoms with E-state index in [1.54, 1.807) is 25.3 Å². The molecule has 1 heterocycles. The summed E-state index contributed by atoms with van der Waals surface area (Å²) in [5.74, 6) is 1.10. The van der Waals surface area contributed by atoms with E-state index >= 15 is 0 Å². The van der Waals surface area contributed by atoms with E-state index in [4.69, 9.17) is 14.2 Å². The van der Waals surface area contributed by atoms with Crippen LogP contribution in [-0.2, 0) is 4.79 Å². The first-order valence-corrected chi connectivity index (χ1v) is 12.4. The number of carbonyl (C=O) groups excluding carboxylic acids is 2. The fourth-order valence-corrected chi connectivity index (χ4v) is 4.63. The summed E-state index contributed by atoms with van der Waals surface area (Å²) in [4.78, 5) is 27.0. The molecule has 7 nitrogen and oxygen atoms in total. The van der Waals surface area contributed by atoms with Gasteiger partial charge in [-0.15, -0.1) is 0 Å². The molecule has 38 heavy (non-hydrogen) atoms. The molecule has 0 atom stereocenters. The van der Waals surface area contributed by atoms with Crippen LogP contribution in [0.15, 0.2) is 66.7 Å². The number of anilines is 1. The number of halogens is 1. The van der Waals surface area contributed by atoms with Crippen molar-refractivity contribution in [2.24, 2.45) is 0 Å². The summed E-state index contributed by atoms with van der Waals surface area (Å²) in [6.07, 6.45) is 4.78. The predicted molar refractivity (Wildman–Crippen MR) is 144 cm³/mol. The van der Waals surface area contributed by atoms with Crippen LogP contribution in [0.4, 0.5) is 10.1 Å². The van der Waals surface area contributed by atoms with Crippen molar-refractivity contribution in [1.82, 2.24) is 4.90 Å². The highest BCUT2D eigenvalue weighted by molar-refractivity contribution is 6.02. The lowest BCUT2D eigenvalue weighted by molar-refractivity contribution is -0.111. The summed E-state index contributed by atoms with van der Waals surface area (Å²) in [5, 5.41) is 2.87. The number of carbonyl (C=O) groups is 2. The van der Waals surface area contributed by atoms with E-state index in [9.17, 15) is 14.0 Å². The third-order valence-corrected chi connectivity index (χ3v) is 6.67. The maximum Gasteiger partial charge on any atom is 0.253 e. The molecule has 4 rings (SSSR count). The molecule has 0 radical (unpaired) electrons. The molecule has 0 aromatic heterocycles. The molecule has 0 bridgehead atoms. The molecule has 2 amide bonds. The molecule has 8 heteroatoms. The number of hydrogen-bond donors (Lipinski definition) is 1. The number of amides is 2. The van der Waals surface area contributed by atoms with Crippen LogP contribution in [0, 0.1) is 5.82 Å². The summed E-state index contributed by atoms with van der Waals surface area (Å²) in [6, 6.07) is 17.0. The number of likely N-dealkylation sites (tertiary alicyclic amines) is 1. The third kappa shape index (κ3) is 6.14. The monoisotopic (exact) mass is 518 g/mol. The Morgan fingerprint density at radius 3 is 2.13 bits per heavy atom. The van der Waals surface area contributed by atoms with Crippen LogP contribution in [0.1, 0.15) is 40.2 Å². The molecule has 0 saturated carbocycles. The van der Waals surface area contributed by atoms with Gasteiger partial charge in [0.2, 0.25) is 11.7 Å². The van der Waals surface area contributed by atoms with Gasteiger partial charge in [-0.1, -0.05) is 12.1 Å². The van der Waals surface area contributed by atoms with Crippen LogP contribution in [0.25, 0.3) is 6.08 Å². The van der Waals surface area contributed by atoms with E-state index in [0.717, 1.165) is 12.8 Å². The van der Waals surface area contributed by atoms with E-state index in [1.165, 1.54) is 50.1 Å². The molecule has 1 fully saturated rings. The van der Waals surface area contributed by atoms with Crippen LogP contribution < -0.4 is 19.5 Å². The summed E-state index contributed by atoms with van der Waals surface area (Å²) < 4.78 is 29.3. The van der Waals surface area contributed by atoms with Gasteiger partial charge in [-0.2, -0.15) is 0 Å². The number of hydrogen-bond acceptors (Lipinski definition) is 5. The first-order valence-electron chi connectivity index (χ1n) is 12.4. The minimum atomic E-state index is -0.353. The average molecular weight is 519 g/mol. The minimum absolute atomic E-state index is 0.0692. The SMILES string of the molecule is COc1ccc(/C=C/C(=O)Nc2ccc(C3CCN(C(=O)c4ccc(F)cc4)CC3)cc2)c(OC)c1OC. The number of methoxy groups -OCH3 is 3. The Balaban J connectivity index is 1.33. The van der Waals surface area contributed by atoms with Gasteiger partial charge in [0.05, 0.1) is 21.3 Å². The van der Waals surface area contributed by atoms with Crippen LogP contribution in [-0.4, -0.2) is 51.1 Å². The summed E-state index contributed by atoms with van der Waals surface area (Å²) in [6.45, 7) is 1.29. The van der Waals surface area contributed by atoms with Gasteiger partial charge in [0.1, 0.15) is 5.82 Å². The maximum absolute atomic E-state index is 13.2. The van der Waals surface area contributed by atoms with Crippen molar-refractivity contribution in [3.63, 3.8) is 0 Å². The van der Waals surface area contributed by atoms with Gasteiger partial charge in [0, 0.05) is 36.0 Å². The lowest BCUT2D eigenvalue weighted by atomic mass is 9.89. The molecule has 3 aromatic rings. The Morgan fingerprint density at radius 1 is 0.868 bits per heavy atom. The minimum Gasteiger partial charge on any atom is -0.493 e. The summed E-state index contributed by atoms with van der Waals surface area (Å²) >= 11 is 0. The number of nitrogens with zero attached hydrogens (tertiary/aromatic N) is 1. The second-order valence-corrected chi connectivity index (χ2v) is 8.94. The third-order valence-electron chi connectivity index (χ3n) is 6.67. The average Bonchev–Trinajstić information content (AvgIpc) is 2.96.